The van der Waals surface area contributed by atoms with Crippen LogP contribution in [0.1, 0.15) is 59.8 Å². The van der Waals surface area contributed by atoms with Gasteiger partial charge >= 0.3 is 12.4 Å². The molecule has 0 aromatic heterocycles. The maximum atomic E-state index is 13.8. The highest BCUT2D eigenvalue weighted by Gasteiger charge is 2.44. The van der Waals surface area contributed by atoms with E-state index < -0.39 is 82.3 Å². The Kier molecular flexibility index (Phi) is 11.7. The minimum atomic E-state index is -5.21. The molecule has 0 unspecified atom stereocenters. The second kappa shape index (κ2) is 15.0. The van der Waals surface area contributed by atoms with Crippen LogP contribution in [-0.4, -0.2) is 62.5 Å². The quantitative estimate of drug-likeness (QED) is 0.123. The summed E-state index contributed by atoms with van der Waals surface area (Å²) in [5.41, 5.74) is -4.27. The number of benzene rings is 4. The molecule has 1 atom stereocenters. The Morgan fingerprint density at radius 2 is 1.27 bits per heavy atom. The summed E-state index contributed by atoms with van der Waals surface area (Å²) in [5.74, 6) is -1.97. The van der Waals surface area contributed by atoms with Crippen LogP contribution in [0.3, 0.4) is 0 Å². The zero-order chi connectivity index (χ0) is 38.9. The highest BCUT2D eigenvalue weighted by molar-refractivity contribution is 7.86. The van der Waals surface area contributed by atoms with Gasteiger partial charge in [-0.25, -0.2) is 0 Å². The molecule has 4 aromatic rings. The third kappa shape index (κ3) is 9.03. The van der Waals surface area contributed by atoms with Crippen molar-refractivity contribution in [2.45, 2.75) is 60.4 Å². The normalized spacial score (nSPS) is 15.1. The van der Waals surface area contributed by atoms with E-state index >= 15 is 0 Å². The van der Waals surface area contributed by atoms with Crippen molar-refractivity contribution in [2.75, 3.05) is 20.2 Å². The summed E-state index contributed by atoms with van der Waals surface area (Å²) in [4.78, 5) is 14.6. The van der Waals surface area contributed by atoms with Crippen molar-refractivity contribution in [3.05, 3.63) is 101 Å². The monoisotopic (exact) mass is 776 g/mol. The smallest absolute Gasteiger partial charge is 0.417 e. The lowest BCUT2D eigenvalue weighted by Crippen LogP contribution is -2.53. The van der Waals surface area contributed by atoms with Gasteiger partial charge in [0, 0.05) is 16.3 Å². The van der Waals surface area contributed by atoms with Crippen LogP contribution in [0.15, 0.2) is 88.7 Å². The van der Waals surface area contributed by atoms with E-state index in [2.05, 4.69) is 10.2 Å². The van der Waals surface area contributed by atoms with E-state index in [0.717, 1.165) is 45.2 Å². The summed E-state index contributed by atoms with van der Waals surface area (Å²) in [6.45, 7) is 5.27. The van der Waals surface area contributed by atoms with Crippen LogP contribution >= 0.6 is 0 Å². The summed E-state index contributed by atoms with van der Waals surface area (Å²) < 4.78 is 149. The number of amides is 1. The molecule has 0 aliphatic carbocycles. The van der Waals surface area contributed by atoms with Crippen molar-refractivity contribution in [2.24, 2.45) is 0 Å². The third-order valence-corrected chi connectivity index (χ3v) is 10.4. The molecule has 0 bridgehead atoms. The summed E-state index contributed by atoms with van der Waals surface area (Å²) in [5, 5.41) is 2.72. The van der Waals surface area contributed by atoms with Gasteiger partial charge in [0.1, 0.15) is 15.5 Å². The molecule has 0 saturated carbocycles. The molecule has 1 aliphatic rings. The van der Waals surface area contributed by atoms with Crippen molar-refractivity contribution in [3.63, 3.8) is 0 Å². The number of nitrogens with one attached hydrogen (secondary N) is 1. The first kappa shape index (κ1) is 40.5. The number of fused-ring (bicyclic) bond motifs is 1. The maximum absolute atomic E-state index is 13.8. The van der Waals surface area contributed by atoms with E-state index in [0.29, 0.717) is 11.6 Å². The van der Waals surface area contributed by atoms with Crippen LogP contribution in [0, 0.1) is 0 Å². The van der Waals surface area contributed by atoms with Crippen LogP contribution in [0.2, 0.25) is 0 Å². The molecule has 1 aliphatic heterocycles. The van der Waals surface area contributed by atoms with Gasteiger partial charge in [-0.05, 0) is 69.6 Å². The van der Waals surface area contributed by atoms with Gasteiger partial charge in [0.2, 0.25) is 0 Å². The number of carbonyl (C=O) groups is 1. The average molecular weight is 777 g/mol. The summed E-state index contributed by atoms with van der Waals surface area (Å²) in [6, 6.07) is 15.9. The molecule has 1 heterocycles. The minimum Gasteiger partial charge on any atom is -0.496 e. The minimum absolute atomic E-state index is 0.0233. The van der Waals surface area contributed by atoms with Crippen LogP contribution in [0.5, 0.6) is 5.75 Å². The molecule has 1 amide bonds. The molecule has 0 radical (unpaired) electrons. The summed E-state index contributed by atoms with van der Waals surface area (Å²) >= 11 is 0. The van der Waals surface area contributed by atoms with E-state index in [1.165, 1.54) is 24.3 Å². The molecule has 52 heavy (non-hydrogen) atoms. The molecular formula is C34H34F6N2O8S2. The Morgan fingerprint density at radius 3 is 1.69 bits per heavy atom. The molecule has 3 N–H and O–H groups in total. The first-order chi connectivity index (χ1) is 24.0. The fourth-order valence-corrected chi connectivity index (χ4v) is 7.51. The standard InChI is InChI=1S/C24H26F6N2O2.C10H8O6S2/c1-22(2,32-11-7-8-12-32)20(15-9-5-4-6-10-15)31-21(33)19-17(24(28,29)30)13-16(23(25,26)27)14-18(19)34-3;11-17(12,13)9-5-1-3-7-8(9)4-2-6-10(7)18(14,15)16/h4-6,9-10,13-14,20H,7-8,11-12H2,1-3H3,(H,31,33);1-6H,(H,11,12,13)(H,14,15,16)/t20-;/m0./s1. The molecule has 282 valence electrons. The van der Waals surface area contributed by atoms with Gasteiger partial charge in [-0.3, -0.25) is 18.8 Å². The molecule has 0 spiro atoms. The largest absolute Gasteiger partial charge is 0.496 e. The number of halogens is 6. The predicted octanol–water partition coefficient (Wildman–Crippen LogP) is 7.41. The Hall–Kier alpha value is -4.23. The summed E-state index contributed by atoms with van der Waals surface area (Å²) in [7, 11) is -8.01. The van der Waals surface area contributed by atoms with Gasteiger partial charge < -0.3 is 10.1 Å². The van der Waals surface area contributed by atoms with Crippen molar-refractivity contribution in [1.29, 1.82) is 0 Å². The first-order valence-corrected chi connectivity index (χ1v) is 18.3. The fraction of sp³-hybridized carbons (Fsp3) is 0.324. The van der Waals surface area contributed by atoms with Crippen LogP contribution in [-0.2, 0) is 32.6 Å². The number of hydrogen-bond donors (Lipinski definition) is 3. The molecule has 5 rings (SSSR count). The number of alkyl halides is 6. The number of rotatable bonds is 8. The van der Waals surface area contributed by atoms with E-state index in [9.17, 15) is 48.0 Å². The molecular weight excluding hydrogens is 743 g/mol. The van der Waals surface area contributed by atoms with Gasteiger partial charge in [0.25, 0.3) is 26.1 Å². The molecule has 1 saturated heterocycles. The molecule has 1 fully saturated rings. The van der Waals surface area contributed by atoms with E-state index in [1.807, 2.05) is 13.8 Å². The van der Waals surface area contributed by atoms with Crippen molar-refractivity contribution < 1.29 is 61.8 Å². The number of likely N-dealkylation sites (tertiary alicyclic amines) is 1. The fourth-order valence-electron chi connectivity index (χ4n) is 6.09. The number of nitrogens with zero attached hydrogens (tertiary/aromatic N) is 1. The number of ether oxygens (including phenoxy) is 1. The number of carbonyl (C=O) groups excluding carboxylic acids is 1. The van der Waals surface area contributed by atoms with E-state index in [-0.39, 0.29) is 16.8 Å². The maximum Gasteiger partial charge on any atom is 0.417 e. The van der Waals surface area contributed by atoms with Crippen molar-refractivity contribution in [3.8, 4) is 5.75 Å². The highest BCUT2D eigenvalue weighted by atomic mass is 32.2. The van der Waals surface area contributed by atoms with Gasteiger partial charge in [-0.1, -0.05) is 54.6 Å². The second-order valence-electron chi connectivity index (χ2n) is 12.3. The summed E-state index contributed by atoms with van der Waals surface area (Å²) in [6.07, 6.45) is -8.37. The third-order valence-electron chi connectivity index (χ3n) is 8.62. The Labute approximate surface area is 295 Å². The van der Waals surface area contributed by atoms with Crippen LogP contribution in [0.4, 0.5) is 26.3 Å². The van der Waals surface area contributed by atoms with Crippen molar-refractivity contribution >= 4 is 36.9 Å². The lowest BCUT2D eigenvalue weighted by Gasteiger charge is -2.42. The molecule has 10 nitrogen and oxygen atoms in total. The SMILES string of the molecule is COc1cc(C(F)(F)F)cc(C(F)(F)F)c1C(=O)N[C@@H](c1ccccc1)C(C)(C)N1CCCC1.O=S(=O)(O)c1cccc2c(S(=O)(=O)O)cccc12. The lowest BCUT2D eigenvalue weighted by molar-refractivity contribution is -0.143. The van der Waals surface area contributed by atoms with Gasteiger partial charge in [-0.15, -0.1) is 0 Å². The molecule has 18 heteroatoms. The second-order valence-corrected chi connectivity index (χ2v) is 15.1. The van der Waals surface area contributed by atoms with Crippen LogP contribution < -0.4 is 10.1 Å². The van der Waals surface area contributed by atoms with E-state index in [4.69, 9.17) is 13.8 Å². The Balaban J connectivity index is 0.000000281. The highest BCUT2D eigenvalue weighted by Crippen LogP contribution is 2.42. The van der Waals surface area contributed by atoms with Crippen molar-refractivity contribution in [1.82, 2.24) is 10.2 Å². The first-order valence-electron chi connectivity index (χ1n) is 15.4. The Morgan fingerprint density at radius 1 is 0.769 bits per heavy atom. The molecule has 4 aromatic carbocycles. The van der Waals surface area contributed by atoms with Crippen LogP contribution in [0.25, 0.3) is 10.8 Å². The Bertz CT molecular complexity index is 2080. The average Bonchev–Trinajstić information content (AvgIpc) is 3.61. The topological polar surface area (TPSA) is 150 Å². The van der Waals surface area contributed by atoms with E-state index in [1.54, 1.807) is 30.3 Å². The predicted molar refractivity (Wildman–Crippen MR) is 178 cm³/mol. The van der Waals surface area contributed by atoms with Gasteiger partial charge in [0.15, 0.2) is 0 Å². The van der Waals surface area contributed by atoms with Gasteiger partial charge in [-0.2, -0.15) is 43.2 Å². The number of methoxy groups -OCH3 is 1. The zero-order valence-corrected chi connectivity index (χ0v) is 29.4. The zero-order valence-electron chi connectivity index (χ0n) is 27.8. The lowest BCUT2D eigenvalue weighted by atomic mass is 9.86. The van der Waals surface area contributed by atoms with Gasteiger partial charge in [0.05, 0.1) is 29.8 Å². The number of hydrogen-bond acceptors (Lipinski definition) is 7.